The van der Waals surface area contributed by atoms with Crippen molar-refractivity contribution >= 4 is 5.69 Å². The Labute approximate surface area is 87.9 Å². The van der Waals surface area contributed by atoms with Gasteiger partial charge in [-0.25, -0.2) is 4.98 Å². The molecule has 1 heterocycles. The van der Waals surface area contributed by atoms with Crippen molar-refractivity contribution < 1.29 is 9.15 Å². The second-order valence-electron chi connectivity index (χ2n) is 3.03. The Hall–Kier alpha value is -1.97. The molecule has 0 unspecified atom stereocenters. The molecule has 15 heavy (non-hydrogen) atoms. The van der Waals surface area contributed by atoms with Crippen LogP contribution in [0.25, 0.3) is 11.3 Å². The summed E-state index contributed by atoms with van der Waals surface area (Å²) in [6.45, 7) is 0. The van der Waals surface area contributed by atoms with E-state index in [1.54, 1.807) is 13.3 Å². The maximum atomic E-state index is 5.21. The molecule has 0 aliphatic rings. The molecule has 1 N–H and O–H groups in total. The first-order valence-corrected chi connectivity index (χ1v) is 4.60. The van der Waals surface area contributed by atoms with Gasteiger partial charge >= 0.3 is 0 Å². The van der Waals surface area contributed by atoms with E-state index in [-0.39, 0.29) is 0 Å². The van der Waals surface area contributed by atoms with Crippen LogP contribution < -0.4 is 10.1 Å². The highest BCUT2D eigenvalue weighted by atomic mass is 16.5. The zero-order chi connectivity index (χ0) is 10.7. The van der Waals surface area contributed by atoms with Gasteiger partial charge in [0, 0.05) is 12.6 Å². The van der Waals surface area contributed by atoms with Crippen molar-refractivity contribution in [2.75, 3.05) is 19.5 Å². The minimum Gasteiger partial charge on any atom is -0.495 e. The summed E-state index contributed by atoms with van der Waals surface area (Å²) in [6.07, 6.45) is 3.10. The van der Waals surface area contributed by atoms with Gasteiger partial charge in [-0.1, -0.05) is 0 Å². The van der Waals surface area contributed by atoms with Gasteiger partial charge in [-0.2, -0.15) is 0 Å². The first-order valence-electron chi connectivity index (χ1n) is 4.60. The number of nitrogens with zero attached hydrogens (tertiary/aromatic N) is 1. The van der Waals surface area contributed by atoms with Crippen LogP contribution in [0.3, 0.4) is 0 Å². The van der Waals surface area contributed by atoms with E-state index in [9.17, 15) is 0 Å². The lowest BCUT2D eigenvalue weighted by Gasteiger charge is -2.08. The molecule has 0 amide bonds. The molecule has 1 aromatic carbocycles. The fourth-order valence-electron chi connectivity index (χ4n) is 1.41. The SMILES string of the molecule is CNc1cc(-c2cnco2)ccc1OC. The van der Waals surface area contributed by atoms with Gasteiger partial charge in [-0.3, -0.25) is 0 Å². The van der Waals surface area contributed by atoms with Crippen molar-refractivity contribution in [3.63, 3.8) is 0 Å². The van der Waals surface area contributed by atoms with E-state index in [1.165, 1.54) is 6.39 Å². The smallest absolute Gasteiger partial charge is 0.181 e. The summed E-state index contributed by atoms with van der Waals surface area (Å²) in [5.74, 6) is 1.55. The minimum atomic E-state index is 0.745. The van der Waals surface area contributed by atoms with Crippen LogP contribution in [-0.4, -0.2) is 19.1 Å². The molecule has 4 heteroatoms. The molecule has 2 rings (SSSR count). The second-order valence-corrected chi connectivity index (χ2v) is 3.03. The van der Waals surface area contributed by atoms with Gasteiger partial charge in [0.25, 0.3) is 0 Å². The highest BCUT2D eigenvalue weighted by Crippen LogP contribution is 2.29. The van der Waals surface area contributed by atoms with E-state index in [0.717, 1.165) is 22.8 Å². The quantitative estimate of drug-likeness (QED) is 0.833. The predicted octanol–water partition coefficient (Wildman–Crippen LogP) is 2.39. The number of ether oxygens (including phenoxy) is 1. The van der Waals surface area contributed by atoms with Crippen LogP contribution in [0.1, 0.15) is 0 Å². The summed E-state index contributed by atoms with van der Waals surface area (Å²) in [5.41, 5.74) is 1.89. The summed E-state index contributed by atoms with van der Waals surface area (Å²) >= 11 is 0. The summed E-state index contributed by atoms with van der Waals surface area (Å²) in [5, 5.41) is 3.06. The van der Waals surface area contributed by atoms with Gasteiger partial charge in [0.15, 0.2) is 12.2 Å². The van der Waals surface area contributed by atoms with Crippen molar-refractivity contribution in [3.8, 4) is 17.1 Å². The van der Waals surface area contributed by atoms with Crippen molar-refractivity contribution in [2.45, 2.75) is 0 Å². The van der Waals surface area contributed by atoms with Crippen LogP contribution in [0.5, 0.6) is 5.75 Å². The molecule has 0 radical (unpaired) electrons. The average Bonchev–Trinajstić information content (AvgIpc) is 2.81. The predicted molar refractivity (Wildman–Crippen MR) is 58.0 cm³/mol. The average molecular weight is 204 g/mol. The van der Waals surface area contributed by atoms with E-state index in [4.69, 9.17) is 9.15 Å². The third kappa shape index (κ3) is 1.79. The summed E-state index contributed by atoms with van der Waals surface area (Å²) < 4.78 is 10.4. The highest BCUT2D eigenvalue weighted by Gasteiger charge is 2.06. The minimum absolute atomic E-state index is 0.745. The zero-order valence-corrected chi connectivity index (χ0v) is 8.65. The first-order chi connectivity index (χ1) is 7.35. The van der Waals surface area contributed by atoms with Gasteiger partial charge in [-0.05, 0) is 18.2 Å². The van der Waals surface area contributed by atoms with Crippen LogP contribution in [0, 0.1) is 0 Å². The van der Waals surface area contributed by atoms with Crippen LogP contribution in [0.4, 0.5) is 5.69 Å². The van der Waals surface area contributed by atoms with E-state index < -0.39 is 0 Å². The lowest BCUT2D eigenvalue weighted by molar-refractivity contribution is 0.416. The van der Waals surface area contributed by atoms with E-state index in [0.29, 0.717) is 0 Å². The third-order valence-electron chi connectivity index (χ3n) is 2.19. The summed E-state index contributed by atoms with van der Waals surface area (Å²) in [4.78, 5) is 3.88. The Morgan fingerprint density at radius 1 is 1.40 bits per heavy atom. The Kier molecular flexibility index (Phi) is 2.58. The summed E-state index contributed by atoms with van der Waals surface area (Å²) in [6, 6.07) is 5.78. The largest absolute Gasteiger partial charge is 0.495 e. The number of aromatic nitrogens is 1. The number of hydrogen-bond donors (Lipinski definition) is 1. The van der Waals surface area contributed by atoms with Crippen molar-refractivity contribution in [1.82, 2.24) is 4.98 Å². The van der Waals surface area contributed by atoms with E-state index in [2.05, 4.69) is 10.3 Å². The molecule has 0 saturated carbocycles. The van der Waals surface area contributed by atoms with Gasteiger partial charge in [-0.15, -0.1) is 0 Å². The number of nitrogens with one attached hydrogen (secondary N) is 1. The Balaban J connectivity index is 2.43. The molecule has 0 fully saturated rings. The molecule has 0 atom stereocenters. The topological polar surface area (TPSA) is 47.3 Å². The molecule has 0 aliphatic carbocycles. The fourth-order valence-corrected chi connectivity index (χ4v) is 1.41. The number of anilines is 1. The second kappa shape index (κ2) is 4.04. The molecular weight excluding hydrogens is 192 g/mol. The van der Waals surface area contributed by atoms with E-state index >= 15 is 0 Å². The van der Waals surface area contributed by atoms with Crippen molar-refractivity contribution in [2.24, 2.45) is 0 Å². The molecule has 1 aromatic heterocycles. The number of oxazole rings is 1. The van der Waals surface area contributed by atoms with Gasteiger partial charge < -0.3 is 14.5 Å². The molecule has 4 nitrogen and oxygen atoms in total. The lowest BCUT2D eigenvalue weighted by atomic mass is 10.1. The molecule has 78 valence electrons. The van der Waals surface area contributed by atoms with Crippen molar-refractivity contribution in [3.05, 3.63) is 30.8 Å². The molecule has 2 aromatic rings. The van der Waals surface area contributed by atoms with Gasteiger partial charge in [0.05, 0.1) is 19.0 Å². The van der Waals surface area contributed by atoms with Crippen LogP contribution in [0.15, 0.2) is 35.2 Å². The Morgan fingerprint density at radius 2 is 2.27 bits per heavy atom. The Morgan fingerprint density at radius 3 is 2.87 bits per heavy atom. The molecule has 0 saturated heterocycles. The maximum Gasteiger partial charge on any atom is 0.181 e. The van der Waals surface area contributed by atoms with Gasteiger partial charge in [0.1, 0.15) is 5.75 Å². The van der Waals surface area contributed by atoms with Gasteiger partial charge in [0.2, 0.25) is 0 Å². The monoisotopic (exact) mass is 204 g/mol. The standard InChI is InChI=1S/C11H12N2O2/c1-12-9-5-8(3-4-10(9)14-2)11-6-13-7-15-11/h3-7,12H,1-2H3. The highest BCUT2D eigenvalue weighted by molar-refractivity contribution is 5.68. The van der Waals surface area contributed by atoms with Crippen LogP contribution >= 0.6 is 0 Å². The zero-order valence-electron chi connectivity index (χ0n) is 8.65. The summed E-state index contributed by atoms with van der Waals surface area (Å²) in [7, 11) is 3.49. The maximum absolute atomic E-state index is 5.21. The number of methoxy groups -OCH3 is 1. The molecule has 0 bridgehead atoms. The third-order valence-corrected chi connectivity index (χ3v) is 2.19. The molecular formula is C11H12N2O2. The fraction of sp³-hybridized carbons (Fsp3) is 0.182. The molecule has 0 spiro atoms. The Bertz CT molecular complexity index is 438. The number of benzene rings is 1. The number of rotatable bonds is 3. The van der Waals surface area contributed by atoms with Crippen molar-refractivity contribution in [1.29, 1.82) is 0 Å². The number of hydrogen-bond acceptors (Lipinski definition) is 4. The van der Waals surface area contributed by atoms with Crippen LogP contribution in [0.2, 0.25) is 0 Å². The normalized spacial score (nSPS) is 10.0. The lowest BCUT2D eigenvalue weighted by Crippen LogP contribution is -1.93. The van der Waals surface area contributed by atoms with Crippen LogP contribution in [-0.2, 0) is 0 Å². The first kappa shape index (κ1) is 9.58. The van der Waals surface area contributed by atoms with E-state index in [1.807, 2.05) is 25.2 Å². The molecule has 0 aliphatic heterocycles.